The second-order valence-electron chi connectivity index (χ2n) is 5.27. The third-order valence-corrected chi connectivity index (χ3v) is 5.55. The summed E-state index contributed by atoms with van der Waals surface area (Å²) in [6.45, 7) is 3.97. The van der Waals surface area contributed by atoms with Crippen molar-refractivity contribution in [2.24, 2.45) is 0 Å². The van der Waals surface area contributed by atoms with Crippen molar-refractivity contribution in [2.45, 2.75) is 24.7 Å². The minimum Gasteiger partial charge on any atom is -0.495 e. The molecular weight excluding hydrogens is 357 g/mol. The highest BCUT2D eigenvalue weighted by molar-refractivity contribution is 7.92. The van der Waals surface area contributed by atoms with E-state index in [-0.39, 0.29) is 32.3 Å². The van der Waals surface area contributed by atoms with E-state index in [2.05, 4.69) is 4.72 Å². The largest absolute Gasteiger partial charge is 0.495 e. The van der Waals surface area contributed by atoms with Crippen LogP contribution in [-0.4, -0.2) is 15.5 Å². The predicted molar refractivity (Wildman–Crippen MR) is 94.4 cm³/mol. The Hall–Kier alpha value is -1.43. The smallest absolute Gasteiger partial charge is 0.265 e. The Kier molecular flexibility index (Phi) is 5.45. The third kappa shape index (κ3) is 3.91. The minimum atomic E-state index is -3.87. The van der Waals surface area contributed by atoms with E-state index in [0.29, 0.717) is 0 Å². The van der Waals surface area contributed by atoms with Crippen LogP contribution in [0.2, 0.25) is 10.0 Å². The molecule has 0 unspecified atom stereocenters. The molecule has 0 saturated heterocycles. The summed E-state index contributed by atoms with van der Waals surface area (Å²) in [5.74, 6) is 0.449. The van der Waals surface area contributed by atoms with Crippen LogP contribution in [0.3, 0.4) is 0 Å². The fraction of sp³-hybridized carbons (Fsp3) is 0.250. The zero-order chi connectivity index (χ0) is 17.2. The van der Waals surface area contributed by atoms with Gasteiger partial charge < -0.3 is 4.74 Å². The van der Waals surface area contributed by atoms with E-state index in [0.717, 1.165) is 5.56 Å². The van der Waals surface area contributed by atoms with Gasteiger partial charge in [-0.3, -0.25) is 4.72 Å². The summed E-state index contributed by atoms with van der Waals surface area (Å²) in [5, 5.41) is 0.423. The van der Waals surface area contributed by atoms with Crippen molar-refractivity contribution >= 4 is 38.9 Å². The number of benzene rings is 2. The van der Waals surface area contributed by atoms with Crippen LogP contribution >= 0.6 is 23.2 Å². The lowest BCUT2D eigenvalue weighted by Gasteiger charge is -2.15. The van der Waals surface area contributed by atoms with Crippen molar-refractivity contribution in [3.63, 3.8) is 0 Å². The molecule has 2 aromatic carbocycles. The number of methoxy groups -OCH3 is 1. The zero-order valence-electron chi connectivity index (χ0n) is 12.9. The Morgan fingerprint density at radius 3 is 2.43 bits per heavy atom. The topological polar surface area (TPSA) is 55.4 Å². The predicted octanol–water partition coefficient (Wildman–Crippen LogP) is 4.93. The molecule has 0 radical (unpaired) electrons. The molecule has 0 saturated carbocycles. The summed E-state index contributed by atoms with van der Waals surface area (Å²) in [4.78, 5) is 0.0576. The van der Waals surface area contributed by atoms with Crippen molar-refractivity contribution in [2.75, 3.05) is 11.8 Å². The van der Waals surface area contributed by atoms with E-state index >= 15 is 0 Å². The highest BCUT2D eigenvalue weighted by Crippen LogP contribution is 2.33. The Morgan fingerprint density at radius 1 is 1.13 bits per heavy atom. The van der Waals surface area contributed by atoms with Crippen LogP contribution < -0.4 is 9.46 Å². The molecule has 4 nitrogen and oxygen atoms in total. The molecule has 7 heteroatoms. The van der Waals surface area contributed by atoms with E-state index in [1.165, 1.54) is 7.11 Å². The van der Waals surface area contributed by atoms with Crippen molar-refractivity contribution in [1.82, 2.24) is 0 Å². The fourth-order valence-corrected chi connectivity index (χ4v) is 3.73. The standard InChI is InChI=1S/C16H17Cl2NO3S/c1-10(2)11-7-8-14(22-3)15(9-11)23(20,21)19-13-6-4-5-12(17)16(13)18/h4-10,19H,1-3H3. The lowest BCUT2D eigenvalue weighted by atomic mass is 10.0. The van der Waals surface area contributed by atoms with Crippen LogP contribution in [0.25, 0.3) is 0 Å². The van der Waals surface area contributed by atoms with E-state index < -0.39 is 10.0 Å². The molecule has 1 N–H and O–H groups in total. The van der Waals surface area contributed by atoms with Crippen molar-refractivity contribution < 1.29 is 13.2 Å². The van der Waals surface area contributed by atoms with Crippen LogP contribution in [0, 0.1) is 0 Å². The first-order chi connectivity index (χ1) is 10.8. The number of nitrogens with one attached hydrogen (secondary N) is 1. The average Bonchev–Trinajstić information content (AvgIpc) is 2.51. The van der Waals surface area contributed by atoms with E-state index in [1.807, 2.05) is 19.9 Å². The average molecular weight is 374 g/mol. The maximum atomic E-state index is 12.7. The second kappa shape index (κ2) is 6.99. The molecule has 23 heavy (non-hydrogen) atoms. The molecular formula is C16H17Cl2NO3S. The van der Waals surface area contributed by atoms with Crippen LogP contribution in [0.15, 0.2) is 41.3 Å². The molecule has 2 aromatic rings. The van der Waals surface area contributed by atoms with Crippen molar-refractivity contribution in [1.29, 1.82) is 0 Å². The lowest BCUT2D eigenvalue weighted by Crippen LogP contribution is -2.15. The summed E-state index contributed by atoms with van der Waals surface area (Å²) >= 11 is 12.0. The molecule has 0 aliphatic carbocycles. The van der Waals surface area contributed by atoms with Gasteiger partial charge in [-0.1, -0.05) is 49.2 Å². The van der Waals surface area contributed by atoms with Crippen LogP contribution in [-0.2, 0) is 10.0 Å². The molecule has 0 amide bonds. The highest BCUT2D eigenvalue weighted by Gasteiger charge is 2.22. The second-order valence-corrected chi connectivity index (χ2v) is 7.71. The molecule has 0 aromatic heterocycles. The summed E-state index contributed by atoms with van der Waals surface area (Å²) in [6, 6.07) is 9.84. The van der Waals surface area contributed by atoms with Crippen LogP contribution in [0.4, 0.5) is 5.69 Å². The van der Waals surface area contributed by atoms with E-state index in [9.17, 15) is 8.42 Å². The van der Waals surface area contributed by atoms with Gasteiger partial charge in [-0.25, -0.2) is 8.42 Å². The molecule has 124 valence electrons. The Morgan fingerprint density at radius 2 is 1.83 bits per heavy atom. The molecule has 0 bridgehead atoms. The van der Waals surface area contributed by atoms with Gasteiger partial charge in [0.1, 0.15) is 10.6 Å². The number of anilines is 1. The van der Waals surface area contributed by atoms with Crippen molar-refractivity contribution in [3.05, 3.63) is 52.0 Å². The first-order valence-corrected chi connectivity index (χ1v) is 9.15. The number of rotatable bonds is 5. The summed E-state index contributed by atoms with van der Waals surface area (Å²) in [5.41, 5.74) is 1.11. The molecule has 0 aliphatic heterocycles. The van der Waals surface area contributed by atoms with Gasteiger partial charge in [0.25, 0.3) is 10.0 Å². The Labute approximate surface area is 146 Å². The lowest BCUT2D eigenvalue weighted by molar-refractivity contribution is 0.402. The number of hydrogen-bond donors (Lipinski definition) is 1. The number of halogens is 2. The van der Waals surface area contributed by atoms with Gasteiger partial charge in [-0.15, -0.1) is 0 Å². The van der Waals surface area contributed by atoms with E-state index in [4.69, 9.17) is 27.9 Å². The third-order valence-electron chi connectivity index (χ3n) is 3.34. The van der Waals surface area contributed by atoms with Gasteiger partial charge in [0, 0.05) is 0 Å². The quantitative estimate of drug-likeness (QED) is 0.808. The number of hydrogen-bond acceptors (Lipinski definition) is 3. The van der Waals surface area contributed by atoms with Gasteiger partial charge in [-0.05, 0) is 35.7 Å². The first kappa shape index (κ1) is 17.9. The maximum absolute atomic E-state index is 12.7. The zero-order valence-corrected chi connectivity index (χ0v) is 15.3. The molecule has 2 rings (SSSR count). The Balaban J connectivity index is 2.50. The summed E-state index contributed by atoms with van der Waals surface area (Å²) in [6.07, 6.45) is 0. The van der Waals surface area contributed by atoms with Gasteiger partial charge in [0.05, 0.1) is 22.8 Å². The SMILES string of the molecule is COc1ccc(C(C)C)cc1S(=O)(=O)Nc1cccc(Cl)c1Cl. The first-order valence-electron chi connectivity index (χ1n) is 6.91. The fourth-order valence-electron chi connectivity index (χ4n) is 2.04. The monoisotopic (exact) mass is 373 g/mol. The molecule has 0 spiro atoms. The summed E-state index contributed by atoms with van der Waals surface area (Å²) < 4.78 is 33.1. The molecule has 0 atom stereocenters. The van der Waals surface area contributed by atoms with Crippen LogP contribution in [0.1, 0.15) is 25.3 Å². The minimum absolute atomic E-state index is 0.0576. The van der Waals surface area contributed by atoms with Gasteiger partial charge in [0.15, 0.2) is 0 Å². The van der Waals surface area contributed by atoms with Gasteiger partial charge in [-0.2, -0.15) is 0 Å². The van der Waals surface area contributed by atoms with Gasteiger partial charge in [0.2, 0.25) is 0 Å². The normalized spacial score (nSPS) is 11.6. The summed E-state index contributed by atoms with van der Waals surface area (Å²) in [7, 11) is -2.44. The molecule has 0 heterocycles. The Bertz CT molecular complexity index is 820. The number of ether oxygens (including phenoxy) is 1. The molecule has 0 aliphatic rings. The van der Waals surface area contributed by atoms with Crippen LogP contribution in [0.5, 0.6) is 5.75 Å². The molecule has 0 fully saturated rings. The maximum Gasteiger partial charge on any atom is 0.265 e. The van der Waals surface area contributed by atoms with Gasteiger partial charge >= 0.3 is 0 Å². The highest BCUT2D eigenvalue weighted by atomic mass is 35.5. The van der Waals surface area contributed by atoms with E-state index in [1.54, 1.807) is 30.3 Å². The number of sulfonamides is 1. The van der Waals surface area contributed by atoms with Crippen molar-refractivity contribution in [3.8, 4) is 5.75 Å².